The smallest absolute Gasteiger partial charge is 0.303 e. The Hall–Kier alpha value is -1.35. The molecule has 0 amide bonds. The summed E-state index contributed by atoms with van der Waals surface area (Å²) in [6, 6.07) is 8.70. The Bertz CT molecular complexity index is 484. The van der Waals surface area contributed by atoms with Gasteiger partial charge >= 0.3 is 5.97 Å². The van der Waals surface area contributed by atoms with Crippen LogP contribution in [0.2, 0.25) is 0 Å². The number of aliphatic carboxylic acids is 1. The van der Waals surface area contributed by atoms with Crippen molar-refractivity contribution in [1.82, 2.24) is 0 Å². The van der Waals surface area contributed by atoms with Gasteiger partial charge in [-0.25, -0.2) is 0 Å². The maximum Gasteiger partial charge on any atom is 0.303 e. The molecule has 0 aliphatic carbocycles. The first-order valence-corrected chi connectivity index (χ1v) is 10.00. The summed E-state index contributed by atoms with van der Waals surface area (Å²) in [4.78, 5) is 9.87. The van der Waals surface area contributed by atoms with Crippen LogP contribution in [0.4, 0.5) is 0 Å². The summed E-state index contributed by atoms with van der Waals surface area (Å²) < 4.78 is 5.69. The van der Waals surface area contributed by atoms with E-state index in [9.17, 15) is 4.79 Å². The van der Waals surface area contributed by atoms with E-state index < -0.39 is 5.97 Å². The third kappa shape index (κ3) is 10.3. The molecule has 1 aliphatic rings. The average Bonchev–Trinajstić information content (AvgIpc) is 3.34. The average molecular weight is 349 g/mol. The van der Waals surface area contributed by atoms with Gasteiger partial charge < -0.3 is 9.84 Å². The molecule has 3 nitrogen and oxygen atoms in total. The number of rotatable bonds is 11. The Kier molecular flexibility index (Phi) is 11.2. The summed E-state index contributed by atoms with van der Waals surface area (Å²) in [5.74, 6) is -0.682. The fraction of sp³-hybridized carbons (Fsp3) is 0.682. The number of aryl methyl sites for hydroxylation is 2. The number of benzene rings is 1. The van der Waals surface area contributed by atoms with Gasteiger partial charge in [-0.3, -0.25) is 4.79 Å². The second kappa shape index (κ2) is 12.9. The van der Waals surface area contributed by atoms with Crippen molar-refractivity contribution in [2.24, 2.45) is 0 Å². The lowest BCUT2D eigenvalue weighted by Crippen LogP contribution is -1.96. The van der Waals surface area contributed by atoms with Crippen molar-refractivity contribution in [3.05, 3.63) is 35.4 Å². The summed E-state index contributed by atoms with van der Waals surface area (Å²) in [5, 5.41) is 8.14. The van der Waals surface area contributed by atoms with Crippen molar-refractivity contribution in [2.75, 3.05) is 0 Å². The summed E-state index contributed by atoms with van der Waals surface area (Å²) >= 11 is 0. The van der Waals surface area contributed by atoms with Crippen molar-refractivity contribution in [2.45, 2.75) is 97.2 Å². The first-order chi connectivity index (χ1) is 12.1. The third-order valence-corrected chi connectivity index (χ3v) is 4.72. The molecular weight excluding hydrogens is 312 g/mol. The number of carboxylic acid groups (broad SMARTS) is 1. The van der Waals surface area contributed by atoms with Crippen LogP contribution in [0.1, 0.15) is 82.8 Å². The molecule has 1 aliphatic heterocycles. The van der Waals surface area contributed by atoms with Gasteiger partial charge in [0.15, 0.2) is 0 Å². The molecule has 1 fully saturated rings. The van der Waals surface area contributed by atoms with Crippen molar-refractivity contribution in [3.63, 3.8) is 0 Å². The molecule has 0 radical (unpaired) electrons. The zero-order chi connectivity index (χ0) is 18.5. The summed E-state index contributed by atoms with van der Waals surface area (Å²) in [6.45, 7) is 6.50. The monoisotopic (exact) mass is 348 g/mol. The van der Waals surface area contributed by atoms with Gasteiger partial charge in [-0.2, -0.15) is 0 Å². The van der Waals surface area contributed by atoms with Crippen LogP contribution in [0, 0.1) is 6.92 Å². The quantitative estimate of drug-likeness (QED) is 0.398. The van der Waals surface area contributed by atoms with Gasteiger partial charge in [0, 0.05) is 6.42 Å². The van der Waals surface area contributed by atoms with Crippen LogP contribution in [0.25, 0.3) is 0 Å². The first-order valence-electron chi connectivity index (χ1n) is 10.00. The van der Waals surface area contributed by atoms with Crippen LogP contribution in [-0.2, 0) is 16.0 Å². The van der Waals surface area contributed by atoms with Crippen LogP contribution < -0.4 is 0 Å². The number of carbonyl (C=O) groups is 1. The number of epoxide rings is 1. The van der Waals surface area contributed by atoms with Crippen LogP contribution >= 0.6 is 0 Å². The van der Waals surface area contributed by atoms with E-state index in [1.807, 2.05) is 0 Å². The van der Waals surface area contributed by atoms with Gasteiger partial charge in [-0.15, -0.1) is 0 Å². The minimum absolute atomic E-state index is 0.327. The highest BCUT2D eigenvalue weighted by molar-refractivity contribution is 5.66. The Morgan fingerprint density at radius 1 is 1.00 bits per heavy atom. The highest BCUT2D eigenvalue weighted by atomic mass is 16.6. The molecule has 1 aromatic rings. The van der Waals surface area contributed by atoms with E-state index in [0.717, 1.165) is 19.3 Å². The number of unbranched alkanes of at least 4 members (excludes halogenated alkanes) is 3. The molecule has 2 rings (SSSR count). The Morgan fingerprint density at radius 3 is 2.24 bits per heavy atom. The maximum atomic E-state index is 9.87. The van der Waals surface area contributed by atoms with E-state index in [1.54, 1.807) is 0 Å². The lowest BCUT2D eigenvalue weighted by Gasteiger charge is -2.04. The van der Waals surface area contributed by atoms with Gasteiger partial charge in [0.2, 0.25) is 0 Å². The highest BCUT2D eigenvalue weighted by Crippen LogP contribution is 2.31. The molecule has 142 valence electrons. The first kappa shape index (κ1) is 21.7. The minimum atomic E-state index is -0.682. The normalized spacial score (nSPS) is 18.4. The maximum absolute atomic E-state index is 9.87. The van der Waals surface area contributed by atoms with E-state index in [0.29, 0.717) is 18.6 Å². The van der Waals surface area contributed by atoms with E-state index in [1.165, 1.54) is 49.7 Å². The SMILES string of the molecule is CCCCC1OC1CCCc1ccccc1C.CCCCCC(=O)O. The van der Waals surface area contributed by atoms with Crippen molar-refractivity contribution in [3.8, 4) is 0 Å². The van der Waals surface area contributed by atoms with Crippen LogP contribution in [-0.4, -0.2) is 23.3 Å². The lowest BCUT2D eigenvalue weighted by atomic mass is 10.0. The van der Waals surface area contributed by atoms with Crippen LogP contribution in [0.5, 0.6) is 0 Å². The Labute approximate surface area is 153 Å². The topological polar surface area (TPSA) is 49.8 Å². The predicted molar refractivity (Wildman–Crippen MR) is 104 cm³/mol. The predicted octanol–water partition coefficient (Wildman–Crippen LogP) is 5.93. The number of ether oxygens (including phenoxy) is 1. The summed E-state index contributed by atoms with van der Waals surface area (Å²) in [5.41, 5.74) is 2.92. The number of hydrogen-bond acceptors (Lipinski definition) is 2. The molecule has 0 saturated carbocycles. The molecule has 2 unspecified atom stereocenters. The van der Waals surface area contributed by atoms with Crippen LogP contribution in [0.3, 0.4) is 0 Å². The summed E-state index contributed by atoms with van der Waals surface area (Å²) in [7, 11) is 0. The largest absolute Gasteiger partial charge is 0.481 e. The van der Waals surface area contributed by atoms with E-state index in [2.05, 4.69) is 45.0 Å². The zero-order valence-electron chi connectivity index (χ0n) is 16.3. The van der Waals surface area contributed by atoms with E-state index in [-0.39, 0.29) is 0 Å². The minimum Gasteiger partial charge on any atom is -0.481 e. The van der Waals surface area contributed by atoms with E-state index in [4.69, 9.17) is 9.84 Å². The second-order valence-electron chi connectivity index (χ2n) is 7.02. The lowest BCUT2D eigenvalue weighted by molar-refractivity contribution is -0.137. The molecule has 1 heterocycles. The second-order valence-corrected chi connectivity index (χ2v) is 7.02. The molecule has 0 spiro atoms. The Balaban J connectivity index is 0.000000333. The van der Waals surface area contributed by atoms with Gasteiger partial charge in [0.05, 0.1) is 12.2 Å². The van der Waals surface area contributed by atoms with Gasteiger partial charge in [0.1, 0.15) is 0 Å². The molecule has 2 atom stereocenters. The van der Waals surface area contributed by atoms with Crippen molar-refractivity contribution < 1.29 is 14.6 Å². The fourth-order valence-electron chi connectivity index (χ4n) is 3.00. The molecule has 1 saturated heterocycles. The van der Waals surface area contributed by atoms with Crippen LogP contribution in [0.15, 0.2) is 24.3 Å². The zero-order valence-corrected chi connectivity index (χ0v) is 16.3. The van der Waals surface area contributed by atoms with Crippen molar-refractivity contribution >= 4 is 5.97 Å². The van der Waals surface area contributed by atoms with Gasteiger partial charge in [0.25, 0.3) is 0 Å². The van der Waals surface area contributed by atoms with Gasteiger partial charge in [-0.05, 0) is 50.2 Å². The number of hydrogen-bond donors (Lipinski definition) is 1. The summed E-state index contributed by atoms with van der Waals surface area (Å²) in [6.07, 6.45) is 12.0. The standard InChI is InChI=1S/C16H24O.C6H12O2/c1-3-4-11-15-16(17-15)12-7-10-14-9-6-5-8-13(14)2;1-2-3-4-5-6(7)8/h5-6,8-9,15-16H,3-4,7,10-12H2,1-2H3;2-5H2,1H3,(H,7,8). The molecule has 1 aromatic carbocycles. The molecular formula is C22H36O3. The van der Waals surface area contributed by atoms with Crippen molar-refractivity contribution in [1.29, 1.82) is 0 Å². The molecule has 0 bridgehead atoms. The highest BCUT2D eigenvalue weighted by Gasteiger charge is 2.36. The fourth-order valence-corrected chi connectivity index (χ4v) is 3.00. The van der Waals surface area contributed by atoms with E-state index >= 15 is 0 Å². The molecule has 1 N–H and O–H groups in total. The third-order valence-electron chi connectivity index (χ3n) is 4.72. The molecule has 0 aromatic heterocycles. The molecule has 3 heteroatoms. The Morgan fingerprint density at radius 2 is 1.64 bits per heavy atom. The van der Waals surface area contributed by atoms with Gasteiger partial charge in [-0.1, -0.05) is 63.8 Å². The number of carboxylic acids is 1. The molecule has 25 heavy (non-hydrogen) atoms.